The summed E-state index contributed by atoms with van der Waals surface area (Å²) in [5, 5.41) is 4.83. The van der Waals surface area contributed by atoms with E-state index < -0.39 is 95.2 Å². The van der Waals surface area contributed by atoms with E-state index in [1.807, 2.05) is 40.0 Å². The quantitative estimate of drug-likeness (QED) is 0.0450. The van der Waals surface area contributed by atoms with Gasteiger partial charge in [0.1, 0.15) is 35.2 Å². The minimum Gasteiger partial charge on any atom is -0.497 e. The van der Waals surface area contributed by atoms with Crippen LogP contribution in [-0.4, -0.2) is 80.5 Å². The molecule has 3 heterocycles. The van der Waals surface area contributed by atoms with E-state index >= 15 is 0 Å². The predicted octanol–water partition coefficient (Wildman–Crippen LogP) is 9.87. The summed E-state index contributed by atoms with van der Waals surface area (Å²) in [6, 6.07) is 7.32. The summed E-state index contributed by atoms with van der Waals surface area (Å²) in [6.07, 6.45) is 1.95. The van der Waals surface area contributed by atoms with Crippen LogP contribution in [0.15, 0.2) is 54.4 Å². The SMILES string of the molecule is C=C[C@@H]1C[C@]1(CC(=O)[C@@H]1C[C@@H](Oc2cc(-c3csc(NC(C)C)n3)nc3cc(OC)ccc23)CN1C(=O)[C@@H](CC(=O)OC1CCCC1)C(C)(C)C)P(=O)(O)Cc1c(F)ccc(F)c1F. The van der Waals surface area contributed by atoms with Crippen LogP contribution in [0.1, 0.15) is 91.5 Å². The summed E-state index contributed by atoms with van der Waals surface area (Å²) < 4.78 is 76.4. The number of Topliss-reactive ketones (excluding diaryl/α,β-unsaturated/α-hetero) is 1. The zero-order valence-electron chi connectivity index (χ0n) is 37.0. The summed E-state index contributed by atoms with van der Waals surface area (Å²) >= 11 is 1.42. The molecule has 6 atom stereocenters. The zero-order valence-corrected chi connectivity index (χ0v) is 38.7. The Morgan fingerprint density at radius 2 is 1.78 bits per heavy atom. The maximum atomic E-state index is 15.0. The Morgan fingerprint density at radius 3 is 2.44 bits per heavy atom. The number of nitrogens with one attached hydrogen (secondary N) is 1. The van der Waals surface area contributed by atoms with E-state index in [1.54, 1.807) is 31.4 Å². The molecule has 1 unspecified atom stereocenters. The number of ether oxygens (including phenoxy) is 3. The molecule has 4 aromatic rings. The van der Waals surface area contributed by atoms with Crippen molar-refractivity contribution in [1.29, 1.82) is 0 Å². The van der Waals surface area contributed by atoms with Crippen LogP contribution in [0, 0.1) is 34.7 Å². The van der Waals surface area contributed by atoms with E-state index in [0.717, 1.165) is 25.7 Å². The fourth-order valence-corrected chi connectivity index (χ4v) is 12.5. The van der Waals surface area contributed by atoms with Gasteiger partial charge in [-0.2, -0.15) is 0 Å². The number of fused-ring (bicyclic) bond motifs is 1. The molecule has 17 heteroatoms. The number of aromatic nitrogens is 2. The third-order valence-corrected chi connectivity index (χ3v) is 16.3. The molecular weight excluding hydrogens is 869 g/mol. The topological polar surface area (TPSA) is 157 Å². The molecular formula is C47H56F3N4O8PS. The number of likely N-dealkylation sites (tertiary alicyclic amines) is 1. The number of anilines is 1. The lowest BCUT2D eigenvalue weighted by Crippen LogP contribution is -2.48. The number of hydrogen-bond donors (Lipinski definition) is 2. The number of carbonyl (C=O) groups excluding carboxylic acids is 3. The Kier molecular flexibility index (Phi) is 13.7. The van der Waals surface area contributed by atoms with Crippen LogP contribution in [0.4, 0.5) is 18.3 Å². The van der Waals surface area contributed by atoms with Gasteiger partial charge in [-0.25, -0.2) is 23.1 Å². The lowest BCUT2D eigenvalue weighted by Gasteiger charge is -2.35. The van der Waals surface area contributed by atoms with Crippen molar-refractivity contribution in [3.05, 3.63) is 77.4 Å². The van der Waals surface area contributed by atoms with Crippen molar-refractivity contribution in [2.75, 3.05) is 19.0 Å². The Bertz CT molecular complexity index is 2490. The number of methoxy groups -OCH3 is 1. The van der Waals surface area contributed by atoms with Crippen molar-refractivity contribution in [3.63, 3.8) is 0 Å². The third kappa shape index (κ3) is 9.89. The first-order valence-electron chi connectivity index (χ1n) is 21.7. The van der Waals surface area contributed by atoms with Crippen LogP contribution in [0.5, 0.6) is 11.5 Å². The Balaban J connectivity index is 1.23. The number of nitrogens with zero attached hydrogens (tertiary/aromatic N) is 3. The third-order valence-electron chi connectivity index (χ3n) is 12.8. The van der Waals surface area contributed by atoms with Crippen LogP contribution >= 0.6 is 18.7 Å². The number of rotatable bonds is 17. The van der Waals surface area contributed by atoms with Gasteiger partial charge in [-0.05, 0) is 81.5 Å². The molecule has 64 heavy (non-hydrogen) atoms. The van der Waals surface area contributed by atoms with E-state index in [9.17, 15) is 37.0 Å². The van der Waals surface area contributed by atoms with E-state index in [1.165, 1.54) is 22.3 Å². The monoisotopic (exact) mass is 924 g/mol. The van der Waals surface area contributed by atoms with Crippen molar-refractivity contribution >= 4 is 52.4 Å². The van der Waals surface area contributed by atoms with E-state index in [4.69, 9.17) is 24.2 Å². The van der Waals surface area contributed by atoms with E-state index in [-0.39, 0.29) is 38.0 Å². The minimum absolute atomic E-state index is 0.00700. The van der Waals surface area contributed by atoms with Crippen molar-refractivity contribution in [2.45, 2.75) is 122 Å². The molecule has 344 valence electrons. The molecule has 2 aromatic heterocycles. The van der Waals surface area contributed by atoms with Gasteiger partial charge >= 0.3 is 5.97 Å². The van der Waals surface area contributed by atoms with Crippen LogP contribution in [0.3, 0.4) is 0 Å². The molecule has 0 bridgehead atoms. The number of hydrogen-bond acceptors (Lipinski definition) is 11. The van der Waals surface area contributed by atoms with Gasteiger partial charge in [-0.15, -0.1) is 17.9 Å². The number of halogens is 3. The number of thiazole rings is 1. The highest BCUT2D eigenvalue weighted by molar-refractivity contribution is 7.59. The molecule has 2 N–H and O–H groups in total. The number of amides is 1. The highest BCUT2D eigenvalue weighted by Crippen LogP contribution is 2.74. The largest absolute Gasteiger partial charge is 0.497 e. The van der Waals surface area contributed by atoms with Crippen LogP contribution in [0.2, 0.25) is 0 Å². The van der Waals surface area contributed by atoms with Crippen molar-refractivity contribution in [2.24, 2.45) is 17.3 Å². The van der Waals surface area contributed by atoms with Crippen LogP contribution < -0.4 is 14.8 Å². The fraction of sp³-hybridized carbons (Fsp3) is 0.511. The van der Waals surface area contributed by atoms with Gasteiger partial charge in [0.2, 0.25) is 13.3 Å². The number of benzene rings is 2. The van der Waals surface area contributed by atoms with Gasteiger partial charge in [-0.3, -0.25) is 18.9 Å². The highest BCUT2D eigenvalue weighted by atomic mass is 32.1. The Labute approximate surface area is 375 Å². The summed E-state index contributed by atoms with van der Waals surface area (Å²) in [5.74, 6) is -6.37. The number of pyridine rings is 1. The van der Waals surface area contributed by atoms with Gasteiger partial charge in [0.25, 0.3) is 0 Å². The molecule has 2 aliphatic carbocycles. The number of ketones is 1. The molecule has 7 rings (SSSR count). The number of carbonyl (C=O) groups is 3. The smallest absolute Gasteiger partial charge is 0.306 e. The Morgan fingerprint density at radius 1 is 1.06 bits per heavy atom. The van der Waals surface area contributed by atoms with Gasteiger partial charge in [0, 0.05) is 47.3 Å². The average molecular weight is 925 g/mol. The second-order valence-corrected chi connectivity index (χ2v) is 22.2. The molecule has 2 saturated carbocycles. The van der Waals surface area contributed by atoms with Crippen LogP contribution in [-0.2, 0) is 29.8 Å². The zero-order chi connectivity index (χ0) is 46.3. The summed E-state index contributed by atoms with van der Waals surface area (Å²) in [7, 11) is -3.13. The summed E-state index contributed by atoms with van der Waals surface area (Å²) in [4.78, 5) is 65.9. The van der Waals surface area contributed by atoms with E-state index in [2.05, 4.69) is 11.9 Å². The molecule has 1 aliphatic heterocycles. The van der Waals surface area contributed by atoms with Crippen molar-refractivity contribution < 1.29 is 51.2 Å². The molecule has 12 nitrogen and oxygen atoms in total. The maximum absolute atomic E-state index is 15.0. The summed E-state index contributed by atoms with van der Waals surface area (Å²) in [6.45, 7) is 13.2. The minimum atomic E-state index is -4.68. The number of esters is 1. The van der Waals surface area contributed by atoms with Crippen LogP contribution in [0.25, 0.3) is 22.3 Å². The van der Waals surface area contributed by atoms with Gasteiger partial charge in [0.05, 0.1) is 54.6 Å². The molecule has 0 spiro atoms. The normalized spacial score (nSPS) is 22.6. The van der Waals surface area contributed by atoms with Gasteiger partial charge in [0.15, 0.2) is 22.5 Å². The lowest BCUT2D eigenvalue weighted by molar-refractivity contribution is -0.156. The molecule has 2 aromatic carbocycles. The average Bonchev–Trinajstić information content (AvgIpc) is 3.63. The van der Waals surface area contributed by atoms with Crippen molar-refractivity contribution in [1.82, 2.24) is 14.9 Å². The lowest BCUT2D eigenvalue weighted by atomic mass is 9.77. The molecule has 1 saturated heterocycles. The maximum Gasteiger partial charge on any atom is 0.306 e. The molecule has 1 amide bonds. The molecule has 3 fully saturated rings. The fourth-order valence-electron chi connectivity index (χ4n) is 9.08. The molecule has 0 radical (unpaired) electrons. The first kappa shape index (κ1) is 47.2. The second kappa shape index (κ2) is 18.6. The first-order valence-corrected chi connectivity index (χ1v) is 24.4. The number of allylic oxidation sites excluding steroid dienone is 1. The second-order valence-electron chi connectivity index (χ2n) is 18.7. The molecule has 3 aliphatic rings. The van der Waals surface area contributed by atoms with Gasteiger partial charge in [-0.1, -0.05) is 26.8 Å². The summed E-state index contributed by atoms with van der Waals surface area (Å²) in [5.41, 5.74) is -0.0129. The first-order chi connectivity index (χ1) is 30.2. The Hall–Kier alpha value is -4.79. The highest BCUT2D eigenvalue weighted by Gasteiger charge is 2.65. The van der Waals surface area contributed by atoms with E-state index in [0.29, 0.717) is 51.1 Å². The van der Waals surface area contributed by atoms with Gasteiger partial charge < -0.3 is 29.3 Å². The van der Waals surface area contributed by atoms with Crippen molar-refractivity contribution in [3.8, 4) is 22.9 Å². The standard InChI is InChI=1S/C47H56F3N4O8PS/c1-8-27-21-47(27,63(58,59)24-32-34(48)15-16-35(49)43(32)50)22-40(55)39-18-30(23-54(39)44(57)33(46(4,5)6)19-42(56)62-28-11-9-10-12-28)61-41-20-37(38-25-64-45(53-38)51-26(2)3)52-36-17-29(60-7)13-14-31(36)41/h8,13-17,20,25-28,30,33,39H,1,9-12,18-19,21-24H2,2-7H3,(H,51,53)(H,58,59)/t27-,30-,33-,39+,47-/m1/s1. The predicted molar refractivity (Wildman–Crippen MR) is 239 cm³/mol.